The number of carboxylic acids is 2. The number of para-hydroxylation sites is 1. The second-order valence-corrected chi connectivity index (χ2v) is 5.68. The van der Waals surface area contributed by atoms with E-state index < -0.39 is 29.7 Å². The fourth-order valence-corrected chi connectivity index (χ4v) is 3.51. The highest BCUT2D eigenvalue weighted by Crippen LogP contribution is 2.48. The number of aliphatic carboxylic acids is 1. The number of carboxylic acid groups (broad SMARTS) is 2. The topological polar surface area (TPSA) is 104 Å². The average molecular weight is 301 g/mol. The fourth-order valence-electron chi connectivity index (χ4n) is 3.51. The zero-order valence-electron chi connectivity index (χ0n) is 11.6. The van der Waals surface area contributed by atoms with Gasteiger partial charge in [0.1, 0.15) is 0 Å². The van der Waals surface area contributed by atoms with Crippen molar-refractivity contribution in [1.82, 2.24) is 0 Å². The lowest BCUT2D eigenvalue weighted by molar-refractivity contribution is -0.146. The molecule has 2 aliphatic carbocycles. The lowest BCUT2D eigenvalue weighted by atomic mass is 9.82. The monoisotopic (exact) mass is 301 g/mol. The summed E-state index contributed by atoms with van der Waals surface area (Å²) in [5.74, 6) is -4.17. The zero-order valence-corrected chi connectivity index (χ0v) is 11.6. The van der Waals surface area contributed by atoms with Gasteiger partial charge in [-0.25, -0.2) is 4.79 Å². The SMILES string of the molecule is O=C(O)c1ccccc1NC(=O)[C@H]1[C@@H](C(=O)O)[C@H]2C=C[C@@H]1C2. The summed E-state index contributed by atoms with van der Waals surface area (Å²) < 4.78 is 0. The van der Waals surface area contributed by atoms with Crippen molar-refractivity contribution in [2.45, 2.75) is 6.42 Å². The molecule has 2 bridgehead atoms. The van der Waals surface area contributed by atoms with Crippen LogP contribution in [0, 0.1) is 23.7 Å². The standard InChI is InChI=1S/C16H15NO5/c18-14(17-11-4-2-1-3-10(11)15(19)20)12-8-5-6-9(7-8)13(12)16(21)22/h1-6,8-9,12-13H,7H2,(H,17,18)(H,19,20)(H,21,22)/t8-,9+,12-,13+/m1/s1. The van der Waals surface area contributed by atoms with Gasteiger partial charge >= 0.3 is 11.9 Å². The highest BCUT2D eigenvalue weighted by atomic mass is 16.4. The second kappa shape index (κ2) is 5.29. The summed E-state index contributed by atoms with van der Waals surface area (Å²) >= 11 is 0. The molecule has 0 radical (unpaired) electrons. The van der Waals surface area contributed by atoms with Crippen LogP contribution in [-0.2, 0) is 9.59 Å². The molecule has 1 aromatic rings. The van der Waals surface area contributed by atoms with Gasteiger partial charge in [0.05, 0.1) is 23.1 Å². The van der Waals surface area contributed by atoms with Gasteiger partial charge in [0.25, 0.3) is 0 Å². The van der Waals surface area contributed by atoms with Crippen LogP contribution in [0.2, 0.25) is 0 Å². The number of benzene rings is 1. The maximum atomic E-state index is 12.5. The van der Waals surface area contributed by atoms with Crippen molar-refractivity contribution >= 4 is 23.5 Å². The van der Waals surface area contributed by atoms with E-state index in [0.29, 0.717) is 6.42 Å². The molecule has 1 aromatic carbocycles. The molecule has 22 heavy (non-hydrogen) atoms. The number of nitrogens with one attached hydrogen (secondary N) is 1. The van der Waals surface area contributed by atoms with Crippen molar-refractivity contribution in [3.8, 4) is 0 Å². The first-order chi connectivity index (χ1) is 10.5. The quantitative estimate of drug-likeness (QED) is 0.736. The lowest BCUT2D eigenvalue weighted by Gasteiger charge is -2.24. The number of hydrogen-bond acceptors (Lipinski definition) is 3. The van der Waals surface area contributed by atoms with Crippen LogP contribution in [0.4, 0.5) is 5.69 Å². The molecule has 114 valence electrons. The molecule has 4 atom stereocenters. The van der Waals surface area contributed by atoms with Crippen molar-refractivity contribution in [3.05, 3.63) is 42.0 Å². The van der Waals surface area contributed by atoms with Crippen LogP contribution in [-0.4, -0.2) is 28.1 Å². The minimum atomic E-state index is -1.14. The summed E-state index contributed by atoms with van der Waals surface area (Å²) in [5.41, 5.74) is 0.178. The zero-order chi connectivity index (χ0) is 15.9. The Morgan fingerprint density at radius 3 is 2.27 bits per heavy atom. The van der Waals surface area contributed by atoms with Gasteiger partial charge in [0.2, 0.25) is 5.91 Å². The number of amides is 1. The fraction of sp³-hybridized carbons (Fsp3) is 0.312. The number of rotatable bonds is 4. The Labute approximate surface area is 126 Å². The maximum Gasteiger partial charge on any atom is 0.337 e. The van der Waals surface area contributed by atoms with E-state index in [1.807, 2.05) is 12.2 Å². The Morgan fingerprint density at radius 2 is 1.64 bits per heavy atom. The van der Waals surface area contributed by atoms with E-state index >= 15 is 0 Å². The minimum absolute atomic E-state index is 0.0126. The first-order valence-corrected chi connectivity index (χ1v) is 7.03. The highest BCUT2D eigenvalue weighted by molar-refractivity contribution is 6.02. The average Bonchev–Trinajstić information content (AvgIpc) is 3.08. The van der Waals surface area contributed by atoms with E-state index in [0.717, 1.165) is 0 Å². The van der Waals surface area contributed by atoms with Crippen molar-refractivity contribution < 1.29 is 24.6 Å². The molecule has 0 heterocycles. The van der Waals surface area contributed by atoms with Crippen LogP contribution in [0.25, 0.3) is 0 Å². The molecule has 3 rings (SSSR count). The van der Waals surface area contributed by atoms with Crippen LogP contribution in [0.1, 0.15) is 16.8 Å². The molecule has 0 aliphatic heterocycles. The van der Waals surface area contributed by atoms with Crippen LogP contribution in [0.3, 0.4) is 0 Å². The van der Waals surface area contributed by atoms with Gasteiger partial charge in [-0.15, -0.1) is 0 Å². The molecule has 0 aromatic heterocycles. The number of allylic oxidation sites excluding steroid dienone is 2. The normalized spacial score (nSPS) is 28.5. The highest BCUT2D eigenvalue weighted by Gasteiger charge is 2.51. The second-order valence-electron chi connectivity index (χ2n) is 5.68. The van der Waals surface area contributed by atoms with Gasteiger partial charge in [-0.1, -0.05) is 24.3 Å². The third-order valence-electron chi connectivity index (χ3n) is 4.46. The molecule has 1 saturated carbocycles. The Morgan fingerprint density at radius 1 is 1.00 bits per heavy atom. The molecule has 2 aliphatic rings. The number of carbonyl (C=O) groups excluding carboxylic acids is 1. The molecule has 0 saturated heterocycles. The van der Waals surface area contributed by atoms with E-state index in [1.54, 1.807) is 12.1 Å². The van der Waals surface area contributed by atoms with E-state index in [4.69, 9.17) is 5.11 Å². The number of fused-ring (bicyclic) bond motifs is 2. The van der Waals surface area contributed by atoms with Crippen molar-refractivity contribution in [1.29, 1.82) is 0 Å². The minimum Gasteiger partial charge on any atom is -0.481 e. The van der Waals surface area contributed by atoms with Gasteiger partial charge in [-0.2, -0.15) is 0 Å². The van der Waals surface area contributed by atoms with Crippen LogP contribution in [0.5, 0.6) is 0 Å². The van der Waals surface area contributed by atoms with Crippen LogP contribution >= 0.6 is 0 Å². The van der Waals surface area contributed by atoms with Crippen molar-refractivity contribution in [3.63, 3.8) is 0 Å². The molecule has 1 amide bonds. The van der Waals surface area contributed by atoms with E-state index in [2.05, 4.69) is 5.32 Å². The van der Waals surface area contributed by atoms with Crippen LogP contribution in [0.15, 0.2) is 36.4 Å². The summed E-state index contributed by atoms with van der Waals surface area (Å²) in [6.07, 6.45) is 4.41. The first-order valence-electron chi connectivity index (χ1n) is 7.03. The Balaban J connectivity index is 1.85. The summed E-state index contributed by atoms with van der Waals surface area (Å²) in [4.78, 5) is 35.1. The summed E-state index contributed by atoms with van der Waals surface area (Å²) in [6.45, 7) is 0. The van der Waals surface area contributed by atoms with Gasteiger partial charge < -0.3 is 15.5 Å². The van der Waals surface area contributed by atoms with Gasteiger partial charge in [-0.3, -0.25) is 9.59 Å². The van der Waals surface area contributed by atoms with Gasteiger partial charge in [0, 0.05) is 0 Å². The molecule has 6 heteroatoms. The van der Waals surface area contributed by atoms with Crippen LogP contribution < -0.4 is 5.32 Å². The molecule has 1 fully saturated rings. The first kappa shape index (κ1) is 14.3. The lowest BCUT2D eigenvalue weighted by Crippen LogP contribution is -2.36. The number of anilines is 1. The largest absolute Gasteiger partial charge is 0.481 e. The Bertz CT molecular complexity index is 681. The predicted molar refractivity (Wildman–Crippen MR) is 77.4 cm³/mol. The van der Waals surface area contributed by atoms with E-state index in [1.165, 1.54) is 12.1 Å². The number of hydrogen-bond donors (Lipinski definition) is 3. The summed E-state index contributed by atoms with van der Waals surface area (Å²) in [5, 5.41) is 21.1. The molecule has 0 spiro atoms. The predicted octanol–water partition coefficient (Wildman–Crippen LogP) is 1.85. The summed E-state index contributed by atoms with van der Waals surface area (Å²) in [7, 11) is 0. The molecule has 0 unspecified atom stereocenters. The number of aromatic carboxylic acids is 1. The van der Waals surface area contributed by atoms with Gasteiger partial charge in [-0.05, 0) is 30.4 Å². The third kappa shape index (κ3) is 2.26. The summed E-state index contributed by atoms with van der Waals surface area (Å²) in [6, 6.07) is 6.09. The Hall–Kier alpha value is -2.63. The molecule has 3 N–H and O–H groups in total. The third-order valence-corrected chi connectivity index (χ3v) is 4.46. The van der Waals surface area contributed by atoms with Crippen molar-refractivity contribution in [2.24, 2.45) is 23.7 Å². The molecular weight excluding hydrogens is 286 g/mol. The van der Waals surface area contributed by atoms with Crippen molar-refractivity contribution in [2.75, 3.05) is 5.32 Å². The van der Waals surface area contributed by atoms with Gasteiger partial charge in [0.15, 0.2) is 0 Å². The smallest absolute Gasteiger partial charge is 0.337 e. The van der Waals surface area contributed by atoms with E-state index in [9.17, 15) is 19.5 Å². The van der Waals surface area contributed by atoms with E-state index in [-0.39, 0.29) is 23.1 Å². The molecule has 6 nitrogen and oxygen atoms in total. The maximum absolute atomic E-state index is 12.5. The number of carbonyl (C=O) groups is 3. The Kier molecular flexibility index (Phi) is 3.44. The molecular formula is C16H15NO5.